The molecule has 1 N–H and O–H groups in total. The predicted molar refractivity (Wildman–Crippen MR) is 70.7 cm³/mol. The molecule has 0 radical (unpaired) electrons. The number of aromatic nitrogens is 2. The van der Waals surface area contributed by atoms with Gasteiger partial charge < -0.3 is 5.32 Å². The molecule has 0 unspecified atom stereocenters. The van der Waals surface area contributed by atoms with E-state index in [1.807, 2.05) is 17.9 Å². The molecule has 0 aliphatic heterocycles. The Balaban J connectivity index is 2.24. The number of rotatable bonds is 4. The summed E-state index contributed by atoms with van der Waals surface area (Å²) in [4.78, 5) is 0. The van der Waals surface area contributed by atoms with E-state index < -0.39 is 0 Å². The van der Waals surface area contributed by atoms with Gasteiger partial charge >= 0.3 is 0 Å². The molecule has 0 spiro atoms. The summed E-state index contributed by atoms with van der Waals surface area (Å²) in [5.74, 6) is 0. The van der Waals surface area contributed by atoms with E-state index in [2.05, 4.69) is 48.5 Å². The molecule has 0 fully saturated rings. The molecule has 1 aromatic heterocycles. The average Bonchev–Trinajstić information content (AvgIpc) is 2.75. The number of nitrogens with zero attached hydrogens (tertiary/aromatic N) is 2. The number of nitrogens with one attached hydrogen (secondary N) is 1. The molecular formula is C14H19N3. The van der Waals surface area contributed by atoms with Gasteiger partial charge in [0.15, 0.2) is 0 Å². The standard InChI is InChI=1S/C14H19N3/c1-11-4-5-14(12(2)10-11)17-9-7-13(16-17)6-8-15-3/h4-5,7,9-10,15H,6,8H2,1-3H3. The number of aryl methyl sites for hydroxylation is 2. The zero-order valence-electron chi connectivity index (χ0n) is 10.7. The van der Waals surface area contributed by atoms with Crippen LogP contribution >= 0.6 is 0 Å². The smallest absolute Gasteiger partial charge is 0.0674 e. The van der Waals surface area contributed by atoms with E-state index >= 15 is 0 Å². The molecule has 1 aromatic carbocycles. The first-order chi connectivity index (χ1) is 8.20. The average molecular weight is 229 g/mol. The molecule has 17 heavy (non-hydrogen) atoms. The summed E-state index contributed by atoms with van der Waals surface area (Å²) in [5, 5.41) is 7.72. The Hall–Kier alpha value is -1.61. The Morgan fingerprint density at radius 3 is 2.76 bits per heavy atom. The highest BCUT2D eigenvalue weighted by atomic mass is 15.3. The normalized spacial score (nSPS) is 10.8. The van der Waals surface area contributed by atoms with Crippen molar-refractivity contribution in [1.82, 2.24) is 15.1 Å². The Morgan fingerprint density at radius 2 is 2.06 bits per heavy atom. The lowest BCUT2D eigenvalue weighted by Crippen LogP contribution is -2.11. The minimum Gasteiger partial charge on any atom is -0.319 e. The highest BCUT2D eigenvalue weighted by Gasteiger charge is 2.03. The van der Waals surface area contributed by atoms with Crippen LogP contribution in [0.3, 0.4) is 0 Å². The molecule has 1 heterocycles. The molecule has 0 amide bonds. The van der Waals surface area contributed by atoms with Crippen molar-refractivity contribution in [1.29, 1.82) is 0 Å². The molecule has 0 aliphatic carbocycles. The van der Waals surface area contributed by atoms with Gasteiger partial charge in [-0.3, -0.25) is 0 Å². The summed E-state index contributed by atoms with van der Waals surface area (Å²) in [6.07, 6.45) is 3.00. The van der Waals surface area contributed by atoms with Gasteiger partial charge in [-0.15, -0.1) is 0 Å². The van der Waals surface area contributed by atoms with Gasteiger partial charge in [0.25, 0.3) is 0 Å². The molecule has 0 saturated carbocycles. The van der Waals surface area contributed by atoms with Crippen LogP contribution in [0.2, 0.25) is 0 Å². The van der Waals surface area contributed by atoms with Crippen LogP contribution in [-0.4, -0.2) is 23.4 Å². The third-order valence-corrected chi connectivity index (χ3v) is 2.87. The second kappa shape index (κ2) is 5.15. The van der Waals surface area contributed by atoms with Gasteiger partial charge in [0.1, 0.15) is 0 Å². The SMILES string of the molecule is CNCCc1ccn(-c2ccc(C)cc2C)n1. The van der Waals surface area contributed by atoms with Crippen LogP contribution in [0.1, 0.15) is 16.8 Å². The molecular weight excluding hydrogens is 210 g/mol. The summed E-state index contributed by atoms with van der Waals surface area (Å²) in [7, 11) is 1.96. The first kappa shape index (κ1) is 11.9. The van der Waals surface area contributed by atoms with Crippen molar-refractivity contribution in [2.45, 2.75) is 20.3 Å². The van der Waals surface area contributed by atoms with E-state index in [1.165, 1.54) is 11.1 Å². The van der Waals surface area contributed by atoms with E-state index in [-0.39, 0.29) is 0 Å². The van der Waals surface area contributed by atoms with Crippen LogP contribution in [0.25, 0.3) is 5.69 Å². The van der Waals surface area contributed by atoms with Crippen molar-refractivity contribution < 1.29 is 0 Å². The zero-order chi connectivity index (χ0) is 12.3. The van der Waals surface area contributed by atoms with Gasteiger partial charge in [0.05, 0.1) is 11.4 Å². The maximum atomic E-state index is 4.59. The Kier molecular flexibility index (Phi) is 3.59. The van der Waals surface area contributed by atoms with Crippen LogP contribution in [0.5, 0.6) is 0 Å². The molecule has 2 aromatic rings. The monoisotopic (exact) mass is 229 g/mol. The minimum atomic E-state index is 0.962. The lowest BCUT2D eigenvalue weighted by Gasteiger charge is -2.06. The zero-order valence-corrected chi connectivity index (χ0v) is 10.7. The second-order valence-electron chi connectivity index (χ2n) is 4.40. The van der Waals surface area contributed by atoms with E-state index in [0.29, 0.717) is 0 Å². The molecule has 90 valence electrons. The van der Waals surface area contributed by atoms with Gasteiger partial charge in [-0.2, -0.15) is 5.10 Å². The van der Waals surface area contributed by atoms with Gasteiger partial charge in [-0.05, 0) is 38.6 Å². The molecule has 0 atom stereocenters. The van der Waals surface area contributed by atoms with Gasteiger partial charge in [0, 0.05) is 19.2 Å². The largest absolute Gasteiger partial charge is 0.319 e. The fourth-order valence-corrected chi connectivity index (χ4v) is 1.94. The lowest BCUT2D eigenvalue weighted by molar-refractivity contribution is 0.754. The van der Waals surface area contributed by atoms with Crippen LogP contribution in [0, 0.1) is 13.8 Å². The van der Waals surface area contributed by atoms with E-state index in [1.54, 1.807) is 0 Å². The maximum Gasteiger partial charge on any atom is 0.0674 e. The molecule has 0 bridgehead atoms. The van der Waals surface area contributed by atoms with Crippen molar-refractivity contribution >= 4 is 0 Å². The first-order valence-electron chi connectivity index (χ1n) is 5.97. The van der Waals surface area contributed by atoms with Crippen molar-refractivity contribution in [2.75, 3.05) is 13.6 Å². The predicted octanol–water partition coefficient (Wildman–Crippen LogP) is 2.25. The third kappa shape index (κ3) is 2.74. The molecule has 0 aliphatic rings. The Morgan fingerprint density at radius 1 is 1.24 bits per heavy atom. The fraction of sp³-hybridized carbons (Fsp3) is 0.357. The highest BCUT2D eigenvalue weighted by molar-refractivity contribution is 5.41. The van der Waals surface area contributed by atoms with E-state index in [4.69, 9.17) is 0 Å². The molecule has 3 nitrogen and oxygen atoms in total. The summed E-state index contributed by atoms with van der Waals surface area (Å²) >= 11 is 0. The minimum absolute atomic E-state index is 0.962. The number of hydrogen-bond donors (Lipinski definition) is 1. The van der Waals surface area contributed by atoms with E-state index in [0.717, 1.165) is 24.3 Å². The summed E-state index contributed by atoms with van der Waals surface area (Å²) in [5.41, 5.74) is 4.83. The number of hydrogen-bond acceptors (Lipinski definition) is 2. The summed E-state index contributed by atoms with van der Waals surface area (Å²) in [6.45, 7) is 5.19. The molecule has 3 heteroatoms. The second-order valence-corrected chi connectivity index (χ2v) is 4.40. The van der Waals surface area contributed by atoms with Crippen LogP contribution in [0.15, 0.2) is 30.5 Å². The van der Waals surface area contributed by atoms with Crippen LogP contribution < -0.4 is 5.32 Å². The van der Waals surface area contributed by atoms with Crippen molar-refractivity contribution in [3.05, 3.63) is 47.3 Å². The topological polar surface area (TPSA) is 29.9 Å². The van der Waals surface area contributed by atoms with Gasteiger partial charge in [-0.1, -0.05) is 17.7 Å². The van der Waals surface area contributed by atoms with Crippen LogP contribution in [-0.2, 0) is 6.42 Å². The molecule has 2 rings (SSSR count). The fourth-order valence-electron chi connectivity index (χ4n) is 1.94. The number of likely N-dealkylation sites (N-methyl/N-ethyl adjacent to an activating group) is 1. The summed E-state index contributed by atoms with van der Waals surface area (Å²) < 4.78 is 1.96. The molecule has 0 saturated heterocycles. The van der Waals surface area contributed by atoms with Crippen LogP contribution in [0.4, 0.5) is 0 Å². The van der Waals surface area contributed by atoms with Crippen molar-refractivity contribution in [3.8, 4) is 5.69 Å². The first-order valence-corrected chi connectivity index (χ1v) is 5.97. The highest BCUT2D eigenvalue weighted by Crippen LogP contribution is 2.15. The lowest BCUT2D eigenvalue weighted by atomic mass is 10.1. The maximum absolute atomic E-state index is 4.59. The summed E-state index contributed by atoms with van der Waals surface area (Å²) in [6, 6.07) is 8.51. The van der Waals surface area contributed by atoms with Crippen molar-refractivity contribution in [3.63, 3.8) is 0 Å². The third-order valence-electron chi connectivity index (χ3n) is 2.87. The van der Waals surface area contributed by atoms with Crippen molar-refractivity contribution in [2.24, 2.45) is 0 Å². The quantitative estimate of drug-likeness (QED) is 0.871. The Labute approximate surface area is 102 Å². The number of benzene rings is 1. The van der Waals surface area contributed by atoms with Gasteiger partial charge in [0.2, 0.25) is 0 Å². The van der Waals surface area contributed by atoms with Gasteiger partial charge in [-0.25, -0.2) is 4.68 Å². The Bertz CT molecular complexity index is 500. The van der Waals surface area contributed by atoms with E-state index in [9.17, 15) is 0 Å².